The molecule has 0 fully saturated rings. The van der Waals surface area contributed by atoms with E-state index in [-0.39, 0.29) is 11.1 Å². The van der Waals surface area contributed by atoms with Crippen molar-refractivity contribution in [2.75, 3.05) is 26.6 Å². The van der Waals surface area contributed by atoms with Crippen LogP contribution in [0.4, 0.5) is 5.69 Å². The summed E-state index contributed by atoms with van der Waals surface area (Å²) in [4.78, 5) is 12.4. The highest BCUT2D eigenvalue weighted by Crippen LogP contribution is 2.34. The fourth-order valence-electron chi connectivity index (χ4n) is 2.46. The van der Waals surface area contributed by atoms with Gasteiger partial charge in [-0.1, -0.05) is 11.8 Å². The minimum atomic E-state index is -0.442. The van der Waals surface area contributed by atoms with Crippen LogP contribution in [-0.4, -0.2) is 42.7 Å². The summed E-state index contributed by atoms with van der Waals surface area (Å²) in [5.74, 6) is 2.05. The molecule has 0 spiro atoms. The zero-order valence-corrected chi connectivity index (χ0v) is 17.3. The van der Waals surface area contributed by atoms with Gasteiger partial charge in [-0.3, -0.25) is 4.79 Å². The number of hydrogen-bond acceptors (Lipinski definition) is 8. The van der Waals surface area contributed by atoms with Gasteiger partial charge in [0.15, 0.2) is 0 Å². The largest absolute Gasteiger partial charge is 0.497 e. The highest BCUT2D eigenvalue weighted by molar-refractivity contribution is 8.00. The molecule has 0 aliphatic heterocycles. The van der Waals surface area contributed by atoms with Crippen LogP contribution < -0.4 is 19.5 Å². The van der Waals surface area contributed by atoms with E-state index in [0.717, 1.165) is 5.75 Å². The lowest BCUT2D eigenvalue weighted by atomic mass is 10.2. The lowest BCUT2D eigenvalue weighted by Crippen LogP contribution is -2.22. The van der Waals surface area contributed by atoms with E-state index >= 15 is 0 Å². The molecule has 1 aromatic heterocycles. The van der Waals surface area contributed by atoms with E-state index in [9.17, 15) is 4.79 Å². The van der Waals surface area contributed by atoms with Gasteiger partial charge in [-0.25, -0.2) is 0 Å². The van der Waals surface area contributed by atoms with Gasteiger partial charge in [0, 0.05) is 11.8 Å². The van der Waals surface area contributed by atoms with Crippen molar-refractivity contribution in [1.29, 1.82) is 0 Å². The predicted octanol–water partition coefficient (Wildman–Crippen LogP) is 3.88. The summed E-state index contributed by atoms with van der Waals surface area (Å²) < 4.78 is 21.4. The Hall–Kier alpha value is -3.20. The zero-order chi connectivity index (χ0) is 20.8. The Bertz CT molecular complexity index is 975. The molecule has 3 aromatic rings. The molecule has 1 atom stereocenters. The van der Waals surface area contributed by atoms with Crippen molar-refractivity contribution >= 4 is 23.4 Å². The molecule has 1 heterocycles. The minimum Gasteiger partial charge on any atom is -0.497 e. The maximum atomic E-state index is 12.4. The second kappa shape index (κ2) is 9.33. The van der Waals surface area contributed by atoms with Crippen LogP contribution in [0.1, 0.15) is 6.92 Å². The number of methoxy groups -OCH3 is 3. The summed E-state index contributed by atoms with van der Waals surface area (Å²) in [6.45, 7) is 1.77. The summed E-state index contributed by atoms with van der Waals surface area (Å²) in [5.41, 5.74) is 1.32. The fourth-order valence-corrected chi connectivity index (χ4v) is 3.15. The van der Waals surface area contributed by atoms with E-state index in [1.807, 2.05) is 0 Å². The Morgan fingerprint density at radius 1 is 1.00 bits per heavy atom. The Balaban J connectivity index is 1.66. The molecule has 29 heavy (non-hydrogen) atoms. The second-order valence-electron chi connectivity index (χ2n) is 5.92. The first-order valence-electron chi connectivity index (χ1n) is 8.71. The first-order valence-corrected chi connectivity index (χ1v) is 9.59. The molecule has 0 radical (unpaired) electrons. The number of anilines is 1. The van der Waals surface area contributed by atoms with Crippen molar-refractivity contribution in [3.05, 3.63) is 42.5 Å². The number of carbonyl (C=O) groups is 1. The standard InChI is InChI=1S/C20H21N3O5S/c1-12(18(24)21-13-5-7-14(25-2)8-6-13)29-20-23-22-19(28-20)16-10-9-15(26-3)11-17(16)27-4/h5-12H,1-4H3,(H,21,24)/t12-/m1/s1. The summed E-state index contributed by atoms with van der Waals surface area (Å²) in [6.07, 6.45) is 0. The number of nitrogens with zero attached hydrogens (tertiary/aromatic N) is 2. The smallest absolute Gasteiger partial charge is 0.277 e. The van der Waals surface area contributed by atoms with Gasteiger partial charge in [-0.15, -0.1) is 10.2 Å². The van der Waals surface area contributed by atoms with Crippen molar-refractivity contribution in [2.24, 2.45) is 0 Å². The van der Waals surface area contributed by atoms with Gasteiger partial charge in [-0.05, 0) is 43.3 Å². The summed E-state index contributed by atoms with van der Waals surface area (Å²) in [6, 6.07) is 12.4. The molecule has 0 saturated heterocycles. The average molecular weight is 415 g/mol. The Morgan fingerprint density at radius 3 is 2.34 bits per heavy atom. The molecule has 0 aliphatic rings. The Labute approximate surface area is 172 Å². The molecule has 8 nitrogen and oxygen atoms in total. The summed E-state index contributed by atoms with van der Waals surface area (Å²) in [5, 5.41) is 10.8. The topological polar surface area (TPSA) is 95.7 Å². The molecule has 3 rings (SSSR count). The van der Waals surface area contributed by atoms with E-state index < -0.39 is 5.25 Å². The summed E-state index contributed by atoms with van der Waals surface area (Å²) >= 11 is 1.17. The minimum absolute atomic E-state index is 0.179. The molecule has 0 bridgehead atoms. The van der Waals surface area contributed by atoms with Crippen molar-refractivity contribution in [3.8, 4) is 28.7 Å². The van der Waals surface area contributed by atoms with Crippen molar-refractivity contribution in [3.63, 3.8) is 0 Å². The quantitative estimate of drug-likeness (QED) is 0.554. The van der Waals surface area contributed by atoms with Gasteiger partial charge >= 0.3 is 0 Å². The van der Waals surface area contributed by atoms with Crippen molar-refractivity contribution in [1.82, 2.24) is 10.2 Å². The van der Waals surface area contributed by atoms with Crippen LogP contribution in [0, 0.1) is 0 Å². The molecule has 1 amide bonds. The number of hydrogen-bond donors (Lipinski definition) is 1. The van der Waals surface area contributed by atoms with E-state index in [2.05, 4.69) is 15.5 Å². The molecular formula is C20H21N3O5S. The maximum absolute atomic E-state index is 12.4. The predicted molar refractivity (Wildman–Crippen MR) is 110 cm³/mol. The highest BCUT2D eigenvalue weighted by Gasteiger charge is 2.20. The van der Waals surface area contributed by atoms with Crippen LogP contribution in [0.2, 0.25) is 0 Å². The van der Waals surface area contributed by atoms with Gasteiger partial charge in [0.2, 0.25) is 5.91 Å². The van der Waals surface area contributed by atoms with Gasteiger partial charge in [0.1, 0.15) is 17.2 Å². The van der Waals surface area contributed by atoms with Crippen LogP contribution in [0.25, 0.3) is 11.5 Å². The van der Waals surface area contributed by atoms with Crippen LogP contribution >= 0.6 is 11.8 Å². The van der Waals surface area contributed by atoms with Crippen molar-refractivity contribution in [2.45, 2.75) is 17.4 Å². The fraction of sp³-hybridized carbons (Fsp3) is 0.250. The first kappa shape index (κ1) is 20.5. The van der Waals surface area contributed by atoms with Gasteiger partial charge < -0.3 is 23.9 Å². The number of nitrogens with one attached hydrogen (secondary N) is 1. The molecule has 0 saturated carbocycles. The Morgan fingerprint density at radius 2 is 1.69 bits per heavy atom. The molecular weight excluding hydrogens is 394 g/mol. The number of ether oxygens (including phenoxy) is 3. The Kier molecular flexibility index (Phi) is 6.61. The number of thioether (sulfide) groups is 1. The van der Waals surface area contributed by atoms with Crippen molar-refractivity contribution < 1.29 is 23.4 Å². The lowest BCUT2D eigenvalue weighted by Gasteiger charge is -2.10. The molecule has 0 aliphatic carbocycles. The number of benzene rings is 2. The summed E-state index contributed by atoms with van der Waals surface area (Å²) in [7, 11) is 4.72. The van der Waals surface area contributed by atoms with E-state index in [1.54, 1.807) is 70.7 Å². The lowest BCUT2D eigenvalue weighted by molar-refractivity contribution is -0.115. The third kappa shape index (κ3) is 5.00. The highest BCUT2D eigenvalue weighted by atomic mass is 32.2. The monoisotopic (exact) mass is 415 g/mol. The normalized spacial score (nSPS) is 11.6. The number of amides is 1. The SMILES string of the molecule is COc1ccc(NC(=O)[C@@H](C)Sc2nnc(-c3ccc(OC)cc3OC)o2)cc1. The van der Waals surface area contributed by atoms with Crippen LogP contribution in [0.5, 0.6) is 17.2 Å². The molecule has 152 valence electrons. The van der Waals surface area contributed by atoms with Crippen LogP contribution in [0.15, 0.2) is 52.1 Å². The first-order chi connectivity index (χ1) is 14.0. The van der Waals surface area contributed by atoms with E-state index in [1.165, 1.54) is 11.8 Å². The van der Waals surface area contributed by atoms with Crippen LogP contribution in [-0.2, 0) is 4.79 Å². The molecule has 2 aromatic carbocycles. The van der Waals surface area contributed by atoms with E-state index in [0.29, 0.717) is 28.6 Å². The molecule has 0 unspecified atom stereocenters. The van der Waals surface area contributed by atoms with Crippen LogP contribution in [0.3, 0.4) is 0 Å². The van der Waals surface area contributed by atoms with Gasteiger partial charge in [0.05, 0.1) is 32.1 Å². The third-order valence-electron chi connectivity index (χ3n) is 4.05. The molecule has 9 heteroatoms. The van der Waals surface area contributed by atoms with E-state index in [4.69, 9.17) is 18.6 Å². The number of carbonyl (C=O) groups excluding carboxylic acids is 1. The van der Waals surface area contributed by atoms with Gasteiger partial charge in [-0.2, -0.15) is 0 Å². The van der Waals surface area contributed by atoms with Gasteiger partial charge in [0.25, 0.3) is 11.1 Å². The third-order valence-corrected chi connectivity index (χ3v) is 4.98. The maximum Gasteiger partial charge on any atom is 0.277 e. The molecule has 1 N–H and O–H groups in total. The zero-order valence-electron chi connectivity index (χ0n) is 16.5. The number of rotatable bonds is 8. The number of aromatic nitrogens is 2. The average Bonchev–Trinajstić information content (AvgIpc) is 3.21. The second-order valence-corrected chi connectivity index (χ2v) is 7.21.